The second-order valence-corrected chi connectivity index (χ2v) is 32.9. The Bertz CT molecular complexity index is 387. The van der Waals surface area contributed by atoms with Crippen molar-refractivity contribution in [2.24, 2.45) is 0 Å². The lowest BCUT2D eigenvalue weighted by Gasteiger charge is -2.31. The van der Waals surface area contributed by atoms with Crippen molar-refractivity contribution in [3.05, 3.63) is 12.2 Å². The molecule has 28 heavy (non-hydrogen) atoms. The summed E-state index contributed by atoms with van der Waals surface area (Å²) in [6.45, 7) is 27.0. The van der Waals surface area contributed by atoms with Crippen LogP contribution in [0.1, 0.15) is 0 Å². The van der Waals surface area contributed by atoms with Crippen LogP contribution in [0, 0.1) is 0 Å². The Kier molecular flexibility index (Phi) is 12.4. The Morgan fingerprint density at radius 2 is 0.714 bits per heavy atom. The fraction of sp³-hybridized carbons (Fsp3) is 0.889. The van der Waals surface area contributed by atoms with Crippen molar-refractivity contribution in [1.29, 1.82) is 0 Å². The maximum absolute atomic E-state index is 6.33. The van der Waals surface area contributed by atoms with Crippen molar-refractivity contribution < 1.29 is 17.7 Å². The molecule has 10 heteroatoms. The smallest absolute Gasteiger partial charge is 0.186 e. The summed E-state index contributed by atoms with van der Waals surface area (Å²) in [4.78, 5) is 0. The van der Waals surface area contributed by atoms with E-state index in [0.29, 0.717) is 0 Å². The summed E-state index contributed by atoms with van der Waals surface area (Å²) in [5.41, 5.74) is 0. The van der Waals surface area contributed by atoms with E-state index in [-0.39, 0.29) is 11.8 Å². The van der Waals surface area contributed by atoms with Crippen LogP contribution < -0.4 is 0 Å². The Hall–Kier alpha value is 0.881. The minimum Gasteiger partial charge on any atom is -0.398 e. The van der Waals surface area contributed by atoms with E-state index in [4.69, 9.17) is 17.7 Å². The Morgan fingerprint density at radius 3 is 0.893 bits per heavy atom. The standard InChI is InChI=1S/C18H48O4Si6/c1-25(2,3)19-17(20-26(4,5)6)23-15-13-14-16-24-18(21-27(7,8)9)22-28(10,11)12/h13-14,17-18H,15-16,23-24H2,1-12H3/b14-13-. The summed E-state index contributed by atoms with van der Waals surface area (Å²) in [6, 6.07) is 2.28. The third-order valence-electron chi connectivity index (χ3n) is 3.24. The average molecular weight is 497 g/mol. The van der Waals surface area contributed by atoms with Crippen LogP contribution in [0.25, 0.3) is 0 Å². The monoisotopic (exact) mass is 496 g/mol. The van der Waals surface area contributed by atoms with Gasteiger partial charge in [0.15, 0.2) is 33.3 Å². The molecule has 4 nitrogen and oxygen atoms in total. The van der Waals surface area contributed by atoms with Gasteiger partial charge < -0.3 is 17.7 Å². The normalized spacial score (nSPS) is 15.5. The first-order valence-corrected chi connectivity index (χ1v) is 28.0. The second kappa shape index (κ2) is 12.1. The van der Waals surface area contributed by atoms with Crippen LogP contribution in [-0.2, 0) is 17.7 Å². The summed E-state index contributed by atoms with van der Waals surface area (Å²) < 4.78 is 25.3. The first-order valence-electron chi connectivity index (χ1n) is 10.7. The van der Waals surface area contributed by atoms with Crippen LogP contribution >= 0.6 is 0 Å². The van der Waals surface area contributed by atoms with E-state index in [1.54, 1.807) is 0 Å². The van der Waals surface area contributed by atoms with Gasteiger partial charge in [0.2, 0.25) is 0 Å². The fourth-order valence-electron chi connectivity index (χ4n) is 2.56. The van der Waals surface area contributed by atoms with Gasteiger partial charge in [-0.15, -0.1) is 0 Å². The predicted molar refractivity (Wildman–Crippen MR) is 141 cm³/mol. The highest BCUT2D eigenvalue weighted by atomic mass is 28.4. The molecule has 0 unspecified atom stereocenters. The van der Waals surface area contributed by atoms with E-state index < -0.39 is 52.3 Å². The van der Waals surface area contributed by atoms with Crippen molar-refractivity contribution in [3.63, 3.8) is 0 Å². The Balaban J connectivity index is 4.53. The summed E-state index contributed by atoms with van der Waals surface area (Å²) >= 11 is 0. The lowest BCUT2D eigenvalue weighted by Crippen LogP contribution is -2.43. The maximum atomic E-state index is 6.33. The zero-order chi connectivity index (χ0) is 22.2. The van der Waals surface area contributed by atoms with E-state index in [1.807, 2.05) is 0 Å². The minimum atomic E-state index is -1.57. The van der Waals surface area contributed by atoms with Crippen molar-refractivity contribution in [2.75, 3.05) is 0 Å². The molecule has 0 aromatic carbocycles. The minimum absolute atomic E-state index is 0.0819. The van der Waals surface area contributed by atoms with Gasteiger partial charge in [-0.25, -0.2) is 0 Å². The molecule has 0 spiro atoms. The van der Waals surface area contributed by atoms with Gasteiger partial charge in [0, 0.05) is 0 Å². The van der Waals surface area contributed by atoms with Crippen molar-refractivity contribution in [2.45, 2.75) is 102 Å². The van der Waals surface area contributed by atoms with Crippen molar-refractivity contribution in [1.82, 2.24) is 0 Å². The summed E-state index contributed by atoms with van der Waals surface area (Å²) in [5.74, 6) is 0.164. The molecule has 0 N–H and O–H groups in total. The molecule has 0 saturated carbocycles. The number of rotatable bonds is 14. The first-order chi connectivity index (χ1) is 12.4. The number of hydrogen-bond donors (Lipinski definition) is 0. The van der Waals surface area contributed by atoms with E-state index in [9.17, 15) is 0 Å². The maximum Gasteiger partial charge on any atom is 0.186 e. The highest BCUT2D eigenvalue weighted by Gasteiger charge is 2.27. The molecule has 0 aliphatic carbocycles. The third-order valence-corrected chi connectivity index (χ3v) is 11.4. The zero-order valence-electron chi connectivity index (χ0n) is 20.8. The molecule has 0 saturated heterocycles. The van der Waals surface area contributed by atoms with Gasteiger partial charge in [-0.2, -0.15) is 0 Å². The topological polar surface area (TPSA) is 36.9 Å². The fourth-order valence-corrected chi connectivity index (χ4v) is 15.4. The van der Waals surface area contributed by atoms with Gasteiger partial charge in [-0.1, -0.05) is 12.2 Å². The van der Waals surface area contributed by atoms with E-state index >= 15 is 0 Å². The number of allylic oxidation sites excluding steroid dienone is 2. The summed E-state index contributed by atoms with van der Waals surface area (Å²) in [5, 5.41) is 0. The zero-order valence-corrected chi connectivity index (χ0v) is 27.6. The molecule has 0 fully saturated rings. The second-order valence-electron chi connectivity index (χ2n) is 11.4. The van der Waals surface area contributed by atoms with Gasteiger partial charge in [0.25, 0.3) is 0 Å². The Morgan fingerprint density at radius 1 is 0.500 bits per heavy atom. The molecule has 0 amide bonds. The molecular weight excluding hydrogens is 449 g/mol. The molecule has 168 valence electrons. The van der Waals surface area contributed by atoms with Gasteiger partial charge >= 0.3 is 0 Å². The first kappa shape index (κ1) is 28.9. The molecule has 0 aliphatic rings. The molecule has 0 aromatic heterocycles. The quantitative estimate of drug-likeness (QED) is 0.198. The highest BCUT2D eigenvalue weighted by Crippen LogP contribution is 2.16. The SMILES string of the molecule is C[Si](C)(C)OC(O[Si](C)(C)C)[SiH2]C/C=C\C[SiH2]C(O[Si](C)(C)C)O[Si](C)(C)C. The van der Waals surface area contributed by atoms with Gasteiger partial charge in [-0.3, -0.25) is 0 Å². The molecular formula is C18H48O4Si6. The summed E-state index contributed by atoms with van der Waals surface area (Å²) in [7, 11) is -7.13. The third kappa shape index (κ3) is 20.2. The van der Waals surface area contributed by atoms with Crippen LogP contribution in [0.2, 0.25) is 90.7 Å². The average Bonchev–Trinajstić information content (AvgIpc) is 2.34. The molecule has 0 rings (SSSR count). The predicted octanol–water partition coefficient (Wildman–Crippen LogP) is 4.69. The molecule has 0 aliphatic heterocycles. The number of hydrogen-bond acceptors (Lipinski definition) is 4. The molecule has 0 bridgehead atoms. The van der Waals surface area contributed by atoms with Gasteiger partial charge in [0.05, 0.1) is 19.0 Å². The van der Waals surface area contributed by atoms with Gasteiger partial charge in [-0.05, 0) is 90.7 Å². The van der Waals surface area contributed by atoms with Crippen LogP contribution in [0.3, 0.4) is 0 Å². The molecule has 0 radical (unpaired) electrons. The lowest BCUT2D eigenvalue weighted by molar-refractivity contribution is 0.0601. The molecule has 0 atom stereocenters. The van der Waals surface area contributed by atoms with Crippen LogP contribution in [0.5, 0.6) is 0 Å². The van der Waals surface area contributed by atoms with E-state index in [2.05, 4.69) is 90.7 Å². The van der Waals surface area contributed by atoms with Crippen LogP contribution in [0.15, 0.2) is 12.2 Å². The largest absolute Gasteiger partial charge is 0.398 e. The van der Waals surface area contributed by atoms with E-state index in [0.717, 1.165) is 12.1 Å². The van der Waals surface area contributed by atoms with Crippen molar-refractivity contribution >= 4 is 52.3 Å². The molecule has 0 aromatic rings. The lowest BCUT2D eigenvalue weighted by atomic mass is 10.6. The highest BCUT2D eigenvalue weighted by molar-refractivity contribution is 6.72. The van der Waals surface area contributed by atoms with Crippen molar-refractivity contribution in [3.8, 4) is 0 Å². The van der Waals surface area contributed by atoms with Crippen LogP contribution in [0.4, 0.5) is 0 Å². The van der Waals surface area contributed by atoms with Crippen LogP contribution in [-0.4, -0.2) is 64.1 Å². The Labute approximate surface area is 184 Å². The van der Waals surface area contributed by atoms with E-state index in [1.165, 1.54) is 0 Å². The summed E-state index contributed by atoms with van der Waals surface area (Å²) in [6.07, 6.45) is 4.71. The molecule has 0 heterocycles. The van der Waals surface area contributed by atoms with Gasteiger partial charge in [0.1, 0.15) is 11.8 Å².